The predicted molar refractivity (Wildman–Crippen MR) is 47.4 cm³/mol. The van der Waals surface area contributed by atoms with Gasteiger partial charge in [-0.15, -0.1) is 0 Å². The fraction of sp³-hybridized carbons (Fsp3) is 0.857. The second-order valence-electron chi connectivity index (χ2n) is 2.41. The highest BCUT2D eigenvalue weighted by Crippen LogP contribution is 2.13. The van der Waals surface area contributed by atoms with Gasteiger partial charge in [0.05, 0.1) is 0 Å². The Bertz CT molecular complexity index is 119. The second-order valence-corrected chi connectivity index (χ2v) is 3.96. The number of amides is 1. The highest BCUT2D eigenvalue weighted by atomic mass is 32.2. The van der Waals surface area contributed by atoms with Crippen LogP contribution in [-0.4, -0.2) is 28.6 Å². The van der Waals surface area contributed by atoms with Crippen LogP contribution in [0, 0.1) is 0 Å². The van der Waals surface area contributed by atoms with E-state index in [2.05, 4.69) is 0 Å². The molecule has 0 saturated heterocycles. The van der Waals surface area contributed by atoms with Gasteiger partial charge in [0, 0.05) is 24.0 Å². The van der Waals surface area contributed by atoms with E-state index in [9.17, 15) is 4.79 Å². The van der Waals surface area contributed by atoms with Crippen LogP contribution in [0.1, 0.15) is 19.8 Å². The molecule has 0 aliphatic rings. The average Bonchev–Trinajstić information content (AvgIpc) is 1.87. The van der Waals surface area contributed by atoms with Crippen LogP contribution in [0.2, 0.25) is 0 Å². The third-order valence-corrected chi connectivity index (χ3v) is 2.53. The van der Waals surface area contributed by atoms with Gasteiger partial charge in [-0.05, 0) is 6.42 Å². The molecule has 0 radical (unpaired) electrons. The maximum atomic E-state index is 10.3. The third kappa shape index (κ3) is 7.68. The number of hydrogen-bond donors (Lipinski definition) is 2. The number of thioether (sulfide) groups is 1. The minimum Gasteiger partial charge on any atom is -0.396 e. The molecular weight excluding hydrogens is 162 g/mol. The summed E-state index contributed by atoms with van der Waals surface area (Å²) in [6.45, 7) is 2.24. The molecule has 0 rings (SSSR count). The molecular formula is C7H15NO2S. The lowest BCUT2D eigenvalue weighted by Crippen LogP contribution is -2.12. The minimum atomic E-state index is -0.256. The monoisotopic (exact) mass is 177 g/mol. The summed E-state index contributed by atoms with van der Waals surface area (Å²) < 4.78 is 0. The number of carbonyl (C=O) groups excluding carboxylic acids is 1. The van der Waals surface area contributed by atoms with E-state index in [1.165, 1.54) is 0 Å². The Morgan fingerprint density at radius 1 is 1.73 bits per heavy atom. The molecule has 0 aromatic heterocycles. The normalized spacial score (nSPS) is 12.9. The Hall–Kier alpha value is -0.220. The van der Waals surface area contributed by atoms with Gasteiger partial charge in [-0.2, -0.15) is 11.8 Å². The van der Waals surface area contributed by atoms with Gasteiger partial charge in [0.1, 0.15) is 0 Å². The molecule has 0 heterocycles. The van der Waals surface area contributed by atoms with Gasteiger partial charge < -0.3 is 10.8 Å². The van der Waals surface area contributed by atoms with E-state index in [0.717, 1.165) is 12.2 Å². The van der Waals surface area contributed by atoms with Gasteiger partial charge >= 0.3 is 0 Å². The number of nitrogens with two attached hydrogens (primary N) is 1. The van der Waals surface area contributed by atoms with Gasteiger partial charge in [0.2, 0.25) is 5.91 Å². The molecule has 4 heteroatoms. The topological polar surface area (TPSA) is 63.3 Å². The number of rotatable bonds is 6. The quantitative estimate of drug-likeness (QED) is 0.616. The number of aliphatic hydroxyl groups excluding tert-OH is 1. The summed E-state index contributed by atoms with van der Waals surface area (Å²) in [5, 5.41) is 8.96. The molecule has 11 heavy (non-hydrogen) atoms. The Kier molecular flexibility index (Phi) is 6.36. The van der Waals surface area contributed by atoms with Gasteiger partial charge in [-0.1, -0.05) is 6.92 Å². The third-order valence-electron chi connectivity index (χ3n) is 1.29. The number of primary amides is 1. The van der Waals surface area contributed by atoms with Crippen LogP contribution < -0.4 is 5.73 Å². The smallest absolute Gasteiger partial charge is 0.218 e. The summed E-state index contributed by atoms with van der Waals surface area (Å²) in [6, 6.07) is 0. The molecule has 66 valence electrons. The molecule has 1 unspecified atom stereocenters. The first-order valence-corrected chi connectivity index (χ1v) is 4.72. The Balaban J connectivity index is 3.16. The van der Waals surface area contributed by atoms with Crippen molar-refractivity contribution < 1.29 is 9.90 Å². The van der Waals surface area contributed by atoms with Crippen LogP contribution in [0.25, 0.3) is 0 Å². The van der Waals surface area contributed by atoms with Gasteiger partial charge in [0.25, 0.3) is 0 Å². The highest BCUT2D eigenvalue weighted by molar-refractivity contribution is 7.99. The summed E-state index contributed by atoms with van der Waals surface area (Å²) >= 11 is 1.67. The Morgan fingerprint density at radius 3 is 2.82 bits per heavy atom. The summed E-state index contributed by atoms with van der Waals surface area (Å²) in [6.07, 6.45) is 1.21. The van der Waals surface area contributed by atoms with E-state index in [1.807, 2.05) is 6.92 Å². The number of carbonyl (C=O) groups is 1. The molecule has 0 aromatic carbocycles. The van der Waals surface area contributed by atoms with Crippen LogP contribution in [-0.2, 0) is 4.79 Å². The van der Waals surface area contributed by atoms with Gasteiger partial charge in [-0.3, -0.25) is 4.79 Å². The van der Waals surface area contributed by atoms with Crippen LogP contribution >= 0.6 is 11.8 Å². The predicted octanol–water partition coefficient (Wildman–Crippen LogP) is 0.366. The molecule has 0 spiro atoms. The van der Waals surface area contributed by atoms with E-state index in [4.69, 9.17) is 10.8 Å². The van der Waals surface area contributed by atoms with E-state index < -0.39 is 0 Å². The van der Waals surface area contributed by atoms with Crippen LogP contribution in [0.4, 0.5) is 0 Å². The molecule has 0 saturated carbocycles. The van der Waals surface area contributed by atoms with Crippen LogP contribution in [0.3, 0.4) is 0 Å². The lowest BCUT2D eigenvalue weighted by atomic mass is 10.3. The lowest BCUT2D eigenvalue weighted by molar-refractivity contribution is -0.117. The van der Waals surface area contributed by atoms with Crippen molar-refractivity contribution in [2.75, 3.05) is 12.4 Å². The molecule has 0 fully saturated rings. The molecule has 1 amide bonds. The van der Waals surface area contributed by atoms with Crippen molar-refractivity contribution in [2.45, 2.75) is 25.0 Å². The molecule has 0 bridgehead atoms. The summed E-state index contributed by atoms with van der Waals surface area (Å²) in [5.41, 5.74) is 4.95. The SMILES string of the molecule is CC(CCO)SCCC(N)=O. The van der Waals surface area contributed by atoms with E-state index in [0.29, 0.717) is 11.7 Å². The van der Waals surface area contributed by atoms with Crippen molar-refractivity contribution in [3.63, 3.8) is 0 Å². The minimum absolute atomic E-state index is 0.213. The van der Waals surface area contributed by atoms with E-state index in [-0.39, 0.29) is 12.5 Å². The van der Waals surface area contributed by atoms with Crippen LogP contribution in [0.5, 0.6) is 0 Å². The maximum Gasteiger partial charge on any atom is 0.218 e. The molecule has 0 aromatic rings. The summed E-state index contributed by atoms with van der Waals surface area (Å²) in [7, 11) is 0. The molecule has 0 aliphatic heterocycles. The van der Waals surface area contributed by atoms with Crippen molar-refractivity contribution in [3.8, 4) is 0 Å². The first kappa shape index (κ1) is 10.8. The molecule has 3 nitrogen and oxygen atoms in total. The van der Waals surface area contributed by atoms with Gasteiger partial charge in [0.15, 0.2) is 0 Å². The summed E-state index contributed by atoms with van der Waals surface area (Å²) in [5.74, 6) is 0.505. The van der Waals surface area contributed by atoms with E-state index >= 15 is 0 Å². The van der Waals surface area contributed by atoms with Crippen LogP contribution in [0.15, 0.2) is 0 Å². The van der Waals surface area contributed by atoms with Gasteiger partial charge in [-0.25, -0.2) is 0 Å². The van der Waals surface area contributed by atoms with E-state index in [1.54, 1.807) is 11.8 Å². The second kappa shape index (κ2) is 6.49. The fourth-order valence-corrected chi connectivity index (χ4v) is 1.62. The standard InChI is InChI=1S/C7H15NO2S/c1-6(2-4-9)11-5-3-7(8)10/h6,9H,2-5H2,1H3,(H2,8,10). The molecule has 1 atom stereocenters. The summed E-state index contributed by atoms with van der Waals surface area (Å²) in [4.78, 5) is 10.3. The number of hydrogen-bond acceptors (Lipinski definition) is 3. The zero-order valence-corrected chi connectivity index (χ0v) is 7.56. The fourth-order valence-electron chi connectivity index (χ4n) is 0.626. The number of aliphatic hydroxyl groups is 1. The largest absolute Gasteiger partial charge is 0.396 e. The Labute approximate surface area is 71.3 Å². The zero-order valence-electron chi connectivity index (χ0n) is 6.75. The zero-order chi connectivity index (χ0) is 8.69. The van der Waals surface area contributed by atoms with Crippen molar-refractivity contribution >= 4 is 17.7 Å². The first-order chi connectivity index (χ1) is 5.16. The first-order valence-electron chi connectivity index (χ1n) is 3.67. The highest BCUT2D eigenvalue weighted by Gasteiger charge is 2.01. The van der Waals surface area contributed by atoms with Crippen molar-refractivity contribution in [1.82, 2.24) is 0 Å². The molecule has 3 N–H and O–H groups in total. The maximum absolute atomic E-state index is 10.3. The molecule has 0 aliphatic carbocycles. The van der Waals surface area contributed by atoms with Crippen molar-refractivity contribution in [1.29, 1.82) is 0 Å². The average molecular weight is 177 g/mol. The van der Waals surface area contributed by atoms with Crippen molar-refractivity contribution in [3.05, 3.63) is 0 Å². The lowest BCUT2D eigenvalue weighted by Gasteiger charge is -2.07. The Morgan fingerprint density at radius 2 is 2.36 bits per heavy atom. The van der Waals surface area contributed by atoms with Crippen molar-refractivity contribution in [2.24, 2.45) is 5.73 Å².